The van der Waals surface area contributed by atoms with Gasteiger partial charge in [-0.2, -0.15) is 5.26 Å². The van der Waals surface area contributed by atoms with E-state index in [4.69, 9.17) is 5.26 Å². The van der Waals surface area contributed by atoms with E-state index in [1.165, 1.54) is 16.8 Å². The second-order valence-corrected chi connectivity index (χ2v) is 4.51. The van der Waals surface area contributed by atoms with Crippen LogP contribution in [0.3, 0.4) is 0 Å². The predicted molar refractivity (Wildman–Crippen MR) is 78.2 cm³/mol. The highest BCUT2D eigenvalue weighted by atomic mass is 16.6. The van der Waals surface area contributed by atoms with Crippen molar-refractivity contribution in [2.24, 2.45) is 0 Å². The van der Waals surface area contributed by atoms with Crippen LogP contribution < -0.4 is 0 Å². The van der Waals surface area contributed by atoms with Crippen LogP contribution in [-0.4, -0.2) is 19.9 Å². The van der Waals surface area contributed by atoms with Gasteiger partial charge in [0.05, 0.1) is 28.4 Å². The number of benzene rings is 2. The van der Waals surface area contributed by atoms with E-state index in [1.807, 2.05) is 0 Å². The first kappa shape index (κ1) is 13.5. The third-order valence-corrected chi connectivity index (χ3v) is 3.13. The summed E-state index contributed by atoms with van der Waals surface area (Å²) in [7, 11) is 0. The lowest BCUT2D eigenvalue weighted by Crippen LogP contribution is -1.95. The summed E-state index contributed by atoms with van der Waals surface area (Å²) in [5, 5.41) is 27.5. The summed E-state index contributed by atoms with van der Waals surface area (Å²) in [6.45, 7) is 0. The Balaban J connectivity index is 1.89. The summed E-state index contributed by atoms with van der Waals surface area (Å²) in [4.78, 5) is 10.2. The Morgan fingerprint density at radius 2 is 1.77 bits per heavy atom. The number of aromatic nitrogens is 3. The smallest absolute Gasteiger partial charge is 0.258 e. The van der Waals surface area contributed by atoms with Gasteiger partial charge in [-0.05, 0) is 24.3 Å². The average molecular weight is 291 g/mol. The molecule has 0 spiro atoms. The highest BCUT2D eigenvalue weighted by Gasteiger charge is 2.08. The van der Waals surface area contributed by atoms with Crippen LogP contribution in [0.15, 0.2) is 54.7 Å². The summed E-state index contributed by atoms with van der Waals surface area (Å²) >= 11 is 0. The minimum absolute atomic E-state index is 0.0242. The molecule has 0 saturated carbocycles. The van der Waals surface area contributed by atoms with Gasteiger partial charge in [0.25, 0.3) is 5.69 Å². The molecule has 3 rings (SSSR count). The molecule has 0 unspecified atom stereocenters. The van der Waals surface area contributed by atoms with Crippen LogP contribution in [0.4, 0.5) is 5.69 Å². The van der Waals surface area contributed by atoms with E-state index in [9.17, 15) is 10.1 Å². The molecule has 0 aliphatic rings. The van der Waals surface area contributed by atoms with Gasteiger partial charge in [-0.1, -0.05) is 17.3 Å². The molecule has 7 nitrogen and oxygen atoms in total. The fraction of sp³-hybridized carbons (Fsp3) is 0. The topological polar surface area (TPSA) is 97.6 Å². The van der Waals surface area contributed by atoms with Crippen molar-refractivity contribution in [1.82, 2.24) is 15.0 Å². The zero-order chi connectivity index (χ0) is 15.5. The molecule has 0 radical (unpaired) electrons. The van der Waals surface area contributed by atoms with E-state index in [0.717, 1.165) is 5.56 Å². The van der Waals surface area contributed by atoms with Crippen LogP contribution in [0, 0.1) is 21.4 Å². The fourth-order valence-corrected chi connectivity index (χ4v) is 1.96. The largest absolute Gasteiger partial charge is 0.269 e. The Morgan fingerprint density at radius 1 is 1.09 bits per heavy atom. The van der Waals surface area contributed by atoms with Gasteiger partial charge in [-0.3, -0.25) is 10.1 Å². The molecule has 106 valence electrons. The zero-order valence-corrected chi connectivity index (χ0v) is 11.2. The van der Waals surface area contributed by atoms with Crippen LogP contribution in [0.2, 0.25) is 0 Å². The lowest BCUT2D eigenvalue weighted by Gasteiger charge is -1.99. The van der Waals surface area contributed by atoms with Crippen molar-refractivity contribution in [3.8, 4) is 23.0 Å². The molecule has 0 fully saturated rings. The van der Waals surface area contributed by atoms with Crippen molar-refractivity contribution in [3.63, 3.8) is 0 Å². The van der Waals surface area contributed by atoms with E-state index in [-0.39, 0.29) is 5.69 Å². The van der Waals surface area contributed by atoms with E-state index in [0.29, 0.717) is 16.9 Å². The minimum atomic E-state index is -0.451. The third-order valence-electron chi connectivity index (χ3n) is 3.13. The normalized spacial score (nSPS) is 10.1. The van der Waals surface area contributed by atoms with Gasteiger partial charge in [0.1, 0.15) is 5.69 Å². The van der Waals surface area contributed by atoms with Gasteiger partial charge in [0.2, 0.25) is 0 Å². The summed E-state index contributed by atoms with van der Waals surface area (Å²) < 4.78 is 1.54. The first-order chi connectivity index (χ1) is 10.7. The molecule has 0 N–H and O–H groups in total. The minimum Gasteiger partial charge on any atom is -0.258 e. The van der Waals surface area contributed by atoms with Gasteiger partial charge >= 0.3 is 0 Å². The standard InChI is InChI=1S/C15H9N5O2/c16-9-11-1-3-12(4-2-11)15-10-19(18-17-15)13-5-7-14(8-6-13)20(21)22/h1-8,10H. The Kier molecular flexibility index (Phi) is 3.34. The quantitative estimate of drug-likeness (QED) is 0.546. The molecule has 2 aromatic carbocycles. The van der Waals surface area contributed by atoms with E-state index in [1.54, 1.807) is 42.6 Å². The van der Waals surface area contributed by atoms with Crippen LogP contribution in [0.25, 0.3) is 16.9 Å². The SMILES string of the molecule is N#Cc1ccc(-c2cn(-c3ccc([N+](=O)[O-])cc3)nn2)cc1. The van der Waals surface area contributed by atoms with Gasteiger partial charge < -0.3 is 0 Å². The number of nitriles is 1. The third kappa shape index (κ3) is 2.53. The average Bonchev–Trinajstić information content (AvgIpc) is 3.05. The van der Waals surface area contributed by atoms with Crippen molar-refractivity contribution in [2.45, 2.75) is 0 Å². The Bertz CT molecular complexity index is 860. The predicted octanol–water partition coefficient (Wildman–Crippen LogP) is 2.71. The van der Waals surface area contributed by atoms with Crippen LogP contribution in [0.5, 0.6) is 0 Å². The Morgan fingerprint density at radius 3 is 2.36 bits per heavy atom. The van der Waals surface area contributed by atoms with E-state index in [2.05, 4.69) is 16.4 Å². The molecular weight excluding hydrogens is 282 g/mol. The van der Waals surface area contributed by atoms with E-state index < -0.39 is 4.92 Å². The number of nitro benzene ring substituents is 1. The number of hydrogen-bond acceptors (Lipinski definition) is 5. The van der Waals surface area contributed by atoms with Crippen molar-refractivity contribution in [1.29, 1.82) is 5.26 Å². The van der Waals surface area contributed by atoms with Crippen molar-refractivity contribution >= 4 is 5.69 Å². The van der Waals surface area contributed by atoms with Gasteiger partial charge in [0.15, 0.2) is 0 Å². The summed E-state index contributed by atoms with van der Waals surface area (Å²) in [6.07, 6.45) is 1.72. The highest BCUT2D eigenvalue weighted by molar-refractivity contribution is 5.59. The van der Waals surface area contributed by atoms with Crippen molar-refractivity contribution in [3.05, 3.63) is 70.4 Å². The molecule has 0 aliphatic carbocycles. The number of rotatable bonds is 3. The molecule has 1 heterocycles. The first-order valence-electron chi connectivity index (χ1n) is 6.35. The summed E-state index contributed by atoms with van der Waals surface area (Å²) in [5.74, 6) is 0. The van der Waals surface area contributed by atoms with Crippen LogP contribution in [0.1, 0.15) is 5.56 Å². The molecule has 3 aromatic rings. The van der Waals surface area contributed by atoms with Crippen LogP contribution in [-0.2, 0) is 0 Å². The molecule has 0 aliphatic heterocycles. The second-order valence-electron chi connectivity index (χ2n) is 4.51. The number of non-ortho nitro benzene ring substituents is 1. The maximum atomic E-state index is 10.6. The molecule has 22 heavy (non-hydrogen) atoms. The molecular formula is C15H9N5O2. The molecule has 1 aromatic heterocycles. The highest BCUT2D eigenvalue weighted by Crippen LogP contribution is 2.19. The monoisotopic (exact) mass is 291 g/mol. The fourth-order valence-electron chi connectivity index (χ4n) is 1.96. The number of nitro groups is 1. The zero-order valence-electron chi connectivity index (χ0n) is 11.2. The van der Waals surface area contributed by atoms with Crippen molar-refractivity contribution < 1.29 is 4.92 Å². The first-order valence-corrected chi connectivity index (χ1v) is 6.35. The van der Waals surface area contributed by atoms with E-state index >= 15 is 0 Å². The maximum absolute atomic E-state index is 10.6. The van der Waals surface area contributed by atoms with Gasteiger partial charge in [-0.15, -0.1) is 5.10 Å². The number of nitrogens with zero attached hydrogens (tertiary/aromatic N) is 5. The molecule has 0 bridgehead atoms. The van der Waals surface area contributed by atoms with Gasteiger partial charge in [0, 0.05) is 17.7 Å². The maximum Gasteiger partial charge on any atom is 0.269 e. The Hall–Kier alpha value is -3.53. The lowest BCUT2D eigenvalue weighted by atomic mass is 10.1. The summed E-state index contributed by atoms with van der Waals surface area (Å²) in [5.41, 5.74) is 2.77. The summed E-state index contributed by atoms with van der Waals surface area (Å²) in [6, 6.07) is 15.1. The molecule has 0 atom stereocenters. The Labute approximate surface area is 125 Å². The van der Waals surface area contributed by atoms with Gasteiger partial charge in [-0.25, -0.2) is 4.68 Å². The molecule has 0 saturated heterocycles. The molecule has 7 heteroatoms. The second kappa shape index (κ2) is 5.46. The van der Waals surface area contributed by atoms with Crippen molar-refractivity contribution in [2.75, 3.05) is 0 Å². The molecule has 0 amide bonds. The number of hydrogen-bond donors (Lipinski definition) is 0. The lowest BCUT2D eigenvalue weighted by molar-refractivity contribution is -0.384. The van der Waals surface area contributed by atoms with Crippen LogP contribution >= 0.6 is 0 Å².